The second-order valence-corrected chi connectivity index (χ2v) is 7.27. The maximum absolute atomic E-state index is 12.4. The molecule has 138 valence electrons. The summed E-state index contributed by atoms with van der Waals surface area (Å²) in [6.07, 6.45) is 3.41. The zero-order chi connectivity index (χ0) is 18.5. The van der Waals surface area contributed by atoms with E-state index in [4.69, 9.17) is 16.3 Å². The zero-order valence-electron chi connectivity index (χ0n) is 15.2. The highest BCUT2D eigenvalue weighted by Gasteiger charge is 2.31. The van der Waals surface area contributed by atoms with Crippen LogP contribution in [0, 0.1) is 12.8 Å². The predicted octanol–water partition coefficient (Wildman–Crippen LogP) is 4.21. The van der Waals surface area contributed by atoms with Crippen molar-refractivity contribution in [3.63, 3.8) is 0 Å². The molecule has 1 amide bonds. The first-order valence-corrected chi connectivity index (χ1v) is 9.36. The Hall–Kier alpha value is -2.04. The molecule has 0 heterocycles. The Morgan fingerprint density at radius 1 is 1.27 bits per heavy atom. The van der Waals surface area contributed by atoms with Crippen molar-refractivity contribution < 1.29 is 9.53 Å². The molecule has 0 saturated heterocycles. The normalized spacial score (nSPS) is 14.7. The number of rotatable bonds is 8. The summed E-state index contributed by atoms with van der Waals surface area (Å²) in [4.78, 5) is 12.4. The SMILES string of the molecule is COc1cc(Cl)c(C)cc1NC(=O)CNC(Cc1ccccc1)C1CC1. The van der Waals surface area contributed by atoms with E-state index in [9.17, 15) is 4.79 Å². The van der Waals surface area contributed by atoms with Crippen LogP contribution in [-0.2, 0) is 11.2 Å². The molecule has 1 unspecified atom stereocenters. The number of hydrogen-bond donors (Lipinski definition) is 2. The molecule has 2 N–H and O–H groups in total. The Kier molecular flexibility index (Phi) is 6.17. The quantitative estimate of drug-likeness (QED) is 0.729. The van der Waals surface area contributed by atoms with E-state index in [-0.39, 0.29) is 12.5 Å². The molecule has 4 nitrogen and oxygen atoms in total. The van der Waals surface area contributed by atoms with Crippen molar-refractivity contribution in [2.45, 2.75) is 32.2 Å². The van der Waals surface area contributed by atoms with Crippen LogP contribution in [0.4, 0.5) is 5.69 Å². The van der Waals surface area contributed by atoms with Gasteiger partial charge in [-0.3, -0.25) is 4.79 Å². The lowest BCUT2D eigenvalue weighted by atomic mass is 10.0. The zero-order valence-corrected chi connectivity index (χ0v) is 16.0. The number of hydrogen-bond acceptors (Lipinski definition) is 3. The van der Waals surface area contributed by atoms with Crippen LogP contribution in [0.1, 0.15) is 24.0 Å². The molecule has 3 rings (SSSR count). The van der Waals surface area contributed by atoms with Gasteiger partial charge < -0.3 is 15.4 Å². The standard InChI is InChI=1S/C21H25ClN2O2/c1-14-10-19(20(26-2)12-17(14)22)24-21(25)13-23-18(16-8-9-16)11-15-6-4-3-5-7-15/h3-7,10,12,16,18,23H,8-9,11,13H2,1-2H3,(H,24,25). The molecule has 0 bridgehead atoms. The molecule has 1 atom stereocenters. The number of aryl methyl sites for hydroxylation is 1. The van der Waals surface area contributed by atoms with Gasteiger partial charge in [-0.25, -0.2) is 0 Å². The van der Waals surface area contributed by atoms with Gasteiger partial charge in [0.25, 0.3) is 0 Å². The van der Waals surface area contributed by atoms with Crippen molar-refractivity contribution in [1.82, 2.24) is 5.32 Å². The molecule has 2 aromatic rings. The summed E-state index contributed by atoms with van der Waals surface area (Å²) in [5.41, 5.74) is 2.84. The van der Waals surface area contributed by atoms with Gasteiger partial charge in [0.2, 0.25) is 5.91 Å². The van der Waals surface area contributed by atoms with Crippen LogP contribution in [0.5, 0.6) is 5.75 Å². The van der Waals surface area contributed by atoms with Crippen molar-refractivity contribution in [3.05, 3.63) is 58.6 Å². The summed E-state index contributed by atoms with van der Waals surface area (Å²) in [5, 5.41) is 6.98. The van der Waals surface area contributed by atoms with Gasteiger partial charge in [-0.2, -0.15) is 0 Å². The largest absolute Gasteiger partial charge is 0.495 e. The first-order chi connectivity index (χ1) is 12.6. The van der Waals surface area contributed by atoms with Crippen LogP contribution in [0.3, 0.4) is 0 Å². The lowest BCUT2D eigenvalue weighted by Gasteiger charge is -2.19. The predicted molar refractivity (Wildman–Crippen MR) is 106 cm³/mol. The van der Waals surface area contributed by atoms with E-state index >= 15 is 0 Å². The number of benzene rings is 2. The maximum atomic E-state index is 12.4. The molecule has 0 aromatic heterocycles. The fraction of sp³-hybridized carbons (Fsp3) is 0.381. The highest BCUT2D eigenvalue weighted by Crippen LogP contribution is 2.34. The number of amides is 1. The van der Waals surface area contributed by atoms with E-state index in [2.05, 4.69) is 34.9 Å². The highest BCUT2D eigenvalue weighted by molar-refractivity contribution is 6.31. The molecule has 5 heteroatoms. The van der Waals surface area contributed by atoms with E-state index < -0.39 is 0 Å². The van der Waals surface area contributed by atoms with Gasteiger partial charge in [0, 0.05) is 17.1 Å². The van der Waals surface area contributed by atoms with E-state index in [1.165, 1.54) is 18.4 Å². The van der Waals surface area contributed by atoms with Crippen molar-refractivity contribution in [1.29, 1.82) is 0 Å². The molecular weight excluding hydrogens is 348 g/mol. The van der Waals surface area contributed by atoms with Crippen molar-refractivity contribution >= 4 is 23.2 Å². The van der Waals surface area contributed by atoms with Crippen LogP contribution in [-0.4, -0.2) is 25.6 Å². The number of anilines is 1. The molecule has 0 aliphatic heterocycles. The second kappa shape index (κ2) is 8.56. The van der Waals surface area contributed by atoms with Gasteiger partial charge in [-0.1, -0.05) is 41.9 Å². The van der Waals surface area contributed by atoms with Crippen LogP contribution >= 0.6 is 11.6 Å². The van der Waals surface area contributed by atoms with Crippen molar-refractivity contribution in [2.24, 2.45) is 5.92 Å². The molecule has 0 spiro atoms. The fourth-order valence-electron chi connectivity index (χ4n) is 3.12. The van der Waals surface area contributed by atoms with Crippen LogP contribution < -0.4 is 15.4 Å². The first-order valence-electron chi connectivity index (χ1n) is 8.98. The molecule has 0 radical (unpaired) electrons. The Morgan fingerprint density at radius 2 is 2.00 bits per heavy atom. The average molecular weight is 373 g/mol. The third kappa shape index (κ3) is 4.99. The summed E-state index contributed by atoms with van der Waals surface area (Å²) in [6, 6.07) is 14.3. The molecule has 1 aliphatic rings. The van der Waals surface area contributed by atoms with E-state index in [0.29, 0.717) is 28.4 Å². The molecule has 26 heavy (non-hydrogen) atoms. The molecule has 2 aromatic carbocycles. The fourth-order valence-corrected chi connectivity index (χ4v) is 3.27. The lowest BCUT2D eigenvalue weighted by Crippen LogP contribution is -2.39. The van der Waals surface area contributed by atoms with Gasteiger partial charge in [0.15, 0.2) is 0 Å². The summed E-state index contributed by atoms with van der Waals surface area (Å²) in [6.45, 7) is 2.18. The van der Waals surface area contributed by atoms with E-state index in [0.717, 1.165) is 12.0 Å². The van der Waals surface area contributed by atoms with Gasteiger partial charge in [0.05, 0.1) is 19.3 Å². The van der Waals surface area contributed by atoms with Crippen molar-refractivity contribution in [2.75, 3.05) is 19.0 Å². The summed E-state index contributed by atoms with van der Waals surface area (Å²) < 4.78 is 5.32. The van der Waals surface area contributed by atoms with Crippen molar-refractivity contribution in [3.8, 4) is 5.75 Å². The molecule has 1 aliphatic carbocycles. The first kappa shape index (κ1) is 18.7. The number of carbonyl (C=O) groups excluding carboxylic acids is 1. The van der Waals surface area contributed by atoms with Crippen LogP contribution in [0.2, 0.25) is 5.02 Å². The number of carbonyl (C=O) groups is 1. The number of nitrogens with one attached hydrogen (secondary N) is 2. The highest BCUT2D eigenvalue weighted by atomic mass is 35.5. The third-order valence-corrected chi connectivity index (χ3v) is 5.18. The second-order valence-electron chi connectivity index (χ2n) is 6.86. The van der Waals surface area contributed by atoms with Gasteiger partial charge in [-0.05, 0) is 49.3 Å². The molecular formula is C21H25ClN2O2. The maximum Gasteiger partial charge on any atom is 0.238 e. The van der Waals surface area contributed by atoms with Gasteiger partial charge in [-0.15, -0.1) is 0 Å². The van der Waals surface area contributed by atoms with E-state index in [1.54, 1.807) is 13.2 Å². The minimum atomic E-state index is -0.0799. The van der Waals surface area contributed by atoms with E-state index in [1.807, 2.05) is 19.1 Å². The van der Waals surface area contributed by atoms with Gasteiger partial charge >= 0.3 is 0 Å². The lowest BCUT2D eigenvalue weighted by molar-refractivity contribution is -0.115. The minimum absolute atomic E-state index is 0.0799. The van der Waals surface area contributed by atoms with Crippen LogP contribution in [0.15, 0.2) is 42.5 Å². The summed E-state index contributed by atoms with van der Waals surface area (Å²) in [5.74, 6) is 1.15. The minimum Gasteiger partial charge on any atom is -0.495 e. The van der Waals surface area contributed by atoms with Gasteiger partial charge in [0.1, 0.15) is 5.75 Å². The Labute approximate surface area is 159 Å². The smallest absolute Gasteiger partial charge is 0.238 e. The Morgan fingerprint density at radius 3 is 2.65 bits per heavy atom. The monoisotopic (exact) mass is 372 g/mol. The number of methoxy groups -OCH3 is 1. The van der Waals surface area contributed by atoms with Crippen LogP contribution in [0.25, 0.3) is 0 Å². The topological polar surface area (TPSA) is 50.4 Å². The average Bonchev–Trinajstić information content (AvgIpc) is 3.47. The molecule has 1 fully saturated rings. The number of ether oxygens (including phenoxy) is 1. The summed E-state index contributed by atoms with van der Waals surface area (Å²) >= 11 is 6.12. The Balaban J connectivity index is 1.58. The summed E-state index contributed by atoms with van der Waals surface area (Å²) in [7, 11) is 1.57. The number of halogens is 1. The molecule has 1 saturated carbocycles. The third-order valence-electron chi connectivity index (χ3n) is 4.77. The Bertz CT molecular complexity index is 760.